The predicted octanol–water partition coefficient (Wildman–Crippen LogP) is 9.99. The number of hydrogen-bond donors (Lipinski definition) is 0. The third-order valence-electron chi connectivity index (χ3n) is 8.84. The first-order valence-electron chi connectivity index (χ1n) is 15.2. The number of para-hydroxylation sites is 1. The molecule has 3 heterocycles. The maximum absolute atomic E-state index is 5.18. The van der Waals surface area contributed by atoms with Gasteiger partial charge in [-0.05, 0) is 42.0 Å². The first kappa shape index (κ1) is 25.9. The predicted molar refractivity (Wildman–Crippen MR) is 190 cm³/mol. The molecule has 6 aromatic carbocycles. The zero-order chi connectivity index (χ0) is 29.9. The van der Waals surface area contributed by atoms with Gasteiger partial charge in [0.2, 0.25) is 0 Å². The topological polar surface area (TPSA) is 32.9 Å². The lowest BCUT2D eigenvalue weighted by Crippen LogP contribution is -2.35. The number of nitrogens with zero attached hydrogens (tertiary/aromatic N) is 4. The minimum Gasteiger partial charge on any atom is -0.333 e. The van der Waals surface area contributed by atoms with Crippen molar-refractivity contribution in [3.05, 3.63) is 162 Å². The van der Waals surface area contributed by atoms with Crippen molar-refractivity contribution in [1.82, 2.24) is 9.47 Å². The molecule has 0 fully saturated rings. The van der Waals surface area contributed by atoms with E-state index in [1.165, 1.54) is 42.0 Å². The van der Waals surface area contributed by atoms with Gasteiger partial charge in [0.25, 0.3) is 0 Å². The van der Waals surface area contributed by atoms with Gasteiger partial charge < -0.3 is 9.47 Å². The van der Waals surface area contributed by atoms with Crippen LogP contribution in [0.25, 0.3) is 47.7 Å². The molecule has 0 aliphatic carbocycles. The highest BCUT2D eigenvalue weighted by atomic mass is 32.1. The molecule has 1 aliphatic heterocycles. The van der Waals surface area contributed by atoms with E-state index >= 15 is 0 Å². The molecule has 1 atom stereocenters. The van der Waals surface area contributed by atoms with Crippen LogP contribution in [-0.2, 0) is 0 Å². The average molecular weight is 597 g/mol. The van der Waals surface area contributed by atoms with Crippen LogP contribution in [0.5, 0.6) is 0 Å². The third-order valence-corrected chi connectivity index (χ3v) is 9.98. The standard InChI is InChI=1S/C40H28N4S/c1-43-39(27-14-6-3-7-15-27)41-38(26-12-4-2-5-13-26)42-40(43)28-20-22-29(23-21-28)44-34-18-10-8-16-30(34)32-24-33-31-17-9-11-19-36(31)45-37(33)25-35(32)44/h2-25,40H,1H3. The Morgan fingerprint density at radius 1 is 0.556 bits per heavy atom. The van der Waals surface area contributed by atoms with Gasteiger partial charge in [-0.2, -0.15) is 0 Å². The summed E-state index contributed by atoms with van der Waals surface area (Å²) in [6, 6.07) is 51.7. The van der Waals surface area contributed by atoms with Crippen LogP contribution >= 0.6 is 11.3 Å². The van der Waals surface area contributed by atoms with E-state index in [0.29, 0.717) is 0 Å². The molecule has 2 aromatic heterocycles. The average Bonchev–Trinajstić information content (AvgIpc) is 3.63. The Kier molecular flexibility index (Phi) is 5.93. The lowest BCUT2D eigenvalue weighted by atomic mass is 10.1. The number of hydrogen-bond acceptors (Lipinski definition) is 4. The number of benzene rings is 6. The summed E-state index contributed by atoms with van der Waals surface area (Å²) in [7, 11) is 2.08. The quantitative estimate of drug-likeness (QED) is 0.199. The van der Waals surface area contributed by atoms with Crippen LogP contribution in [0, 0.1) is 0 Å². The molecule has 9 rings (SSSR count). The first-order valence-corrected chi connectivity index (χ1v) is 16.0. The van der Waals surface area contributed by atoms with E-state index in [2.05, 4.69) is 138 Å². The smallest absolute Gasteiger partial charge is 0.159 e. The molecule has 0 N–H and O–H groups in total. The number of thiophene rings is 1. The number of rotatable bonds is 4. The fraction of sp³-hybridized carbons (Fsp3) is 0.0500. The van der Waals surface area contributed by atoms with E-state index in [4.69, 9.17) is 9.98 Å². The monoisotopic (exact) mass is 596 g/mol. The second-order valence-electron chi connectivity index (χ2n) is 11.5. The molecular formula is C40H28N4S. The van der Waals surface area contributed by atoms with E-state index in [0.717, 1.165) is 34.0 Å². The van der Waals surface area contributed by atoms with Crippen molar-refractivity contribution in [3.8, 4) is 5.69 Å². The van der Waals surface area contributed by atoms with Crippen molar-refractivity contribution in [2.75, 3.05) is 7.05 Å². The van der Waals surface area contributed by atoms with E-state index in [9.17, 15) is 0 Å². The second-order valence-corrected chi connectivity index (χ2v) is 12.6. The van der Waals surface area contributed by atoms with Crippen molar-refractivity contribution < 1.29 is 0 Å². The molecule has 45 heavy (non-hydrogen) atoms. The van der Waals surface area contributed by atoms with Crippen LogP contribution in [-0.4, -0.2) is 28.2 Å². The number of aromatic nitrogens is 1. The van der Waals surface area contributed by atoms with E-state index in [-0.39, 0.29) is 6.17 Å². The van der Waals surface area contributed by atoms with Gasteiger partial charge in [-0.25, -0.2) is 9.98 Å². The second kappa shape index (κ2) is 10.3. The molecule has 8 aromatic rings. The SMILES string of the molecule is CN1C(c2ccccc2)=NC(c2ccccc2)=NC1c1ccc(-n2c3ccccc3c3cc4c(cc32)sc2ccccc24)cc1. The minimum atomic E-state index is -0.210. The highest BCUT2D eigenvalue weighted by Gasteiger charge is 2.27. The summed E-state index contributed by atoms with van der Waals surface area (Å²) in [5.74, 6) is 1.66. The molecule has 0 amide bonds. The highest BCUT2D eigenvalue weighted by Crippen LogP contribution is 2.40. The van der Waals surface area contributed by atoms with Crippen LogP contribution in [0.4, 0.5) is 0 Å². The summed E-state index contributed by atoms with van der Waals surface area (Å²) in [5, 5.41) is 5.19. The fourth-order valence-corrected chi connectivity index (χ4v) is 7.79. The van der Waals surface area contributed by atoms with Crippen LogP contribution in [0.3, 0.4) is 0 Å². The lowest BCUT2D eigenvalue weighted by Gasteiger charge is -2.32. The molecular weight excluding hydrogens is 569 g/mol. The molecule has 5 heteroatoms. The largest absolute Gasteiger partial charge is 0.333 e. The maximum atomic E-state index is 5.18. The Morgan fingerprint density at radius 3 is 2.00 bits per heavy atom. The Bertz CT molecular complexity index is 2430. The number of aliphatic imine (C=N–C) groups is 2. The first-order chi connectivity index (χ1) is 22.2. The Labute approximate surface area is 264 Å². The summed E-state index contributed by atoms with van der Waals surface area (Å²) in [4.78, 5) is 12.4. The Hall–Kier alpha value is -5.52. The van der Waals surface area contributed by atoms with Gasteiger partial charge in [-0.1, -0.05) is 109 Å². The molecule has 0 saturated carbocycles. The van der Waals surface area contributed by atoms with Crippen molar-refractivity contribution in [2.45, 2.75) is 6.17 Å². The van der Waals surface area contributed by atoms with Crippen LogP contribution in [0.15, 0.2) is 156 Å². The van der Waals surface area contributed by atoms with Gasteiger partial charge >= 0.3 is 0 Å². The summed E-state index contributed by atoms with van der Waals surface area (Å²) in [6.45, 7) is 0. The molecule has 0 spiro atoms. The van der Waals surface area contributed by atoms with Gasteiger partial charge in [-0.3, -0.25) is 0 Å². The molecule has 0 radical (unpaired) electrons. The molecule has 214 valence electrons. The van der Waals surface area contributed by atoms with Gasteiger partial charge in [0.05, 0.1) is 11.0 Å². The van der Waals surface area contributed by atoms with E-state index in [1.807, 2.05) is 35.6 Å². The van der Waals surface area contributed by atoms with Gasteiger partial charge in [0, 0.05) is 54.8 Å². The lowest BCUT2D eigenvalue weighted by molar-refractivity contribution is 0.383. The molecule has 0 saturated heterocycles. The van der Waals surface area contributed by atoms with Crippen molar-refractivity contribution >= 4 is 65.0 Å². The van der Waals surface area contributed by atoms with Crippen LogP contribution in [0.1, 0.15) is 22.9 Å². The summed E-state index contributed by atoms with van der Waals surface area (Å²) in [5.41, 5.74) is 6.76. The van der Waals surface area contributed by atoms with Crippen molar-refractivity contribution in [1.29, 1.82) is 0 Å². The molecule has 0 bridgehead atoms. The van der Waals surface area contributed by atoms with Crippen LogP contribution < -0.4 is 0 Å². The Morgan fingerprint density at radius 2 is 1.22 bits per heavy atom. The normalized spacial score (nSPS) is 15.2. The third kappa shape index (κ3) is 4.20. The summed E-state index contributed by atoms with van der Waals surface area (Å²) < 4.78 is 5.03. The number of amidine groups is 2. The van der Waals surface area contributed by atoms with Gasteiger partial charge in [0.15, 0.2) is 5.84 Å². The Balaban J connectivity index is 1.18. The van der Waals surface area contributed by atoms with Crippen LogP contribution in [0.2, 0.25) is 0 Å². The van der Waals surface area contributed by atoms with Gasteiger partial charge in [0.1, 0.15) is 12.0 Å². The summed E-state index contributed by atoms with van der Waals surface area (Å²) >= 11 is 1.86. The fourth-order valence-electron chi connectivity index (χ4n) is 6.67. The number of fused-ring (bicyclic) bond motifs is 6. The van der Waals surface area contributed by atoms with Crippen molar-refractivity contribution in [3.63, 3.8) is 0 Å². The zero-order valence-electron chi connectivity index (χ0n) is 24.6. The highest BCUT2D eigenvalue weighted by molar-refractivity contribution is 7.25. The molecule has 1 unspecified atom stereocenters. The van der Waals surface area contributed by atoms with E-state index < -0.39 is 0 Å². The van der Waals surface area contributed by atoms with Crippen molar-refractivity contribution in [2.24, 2.45) is 9.98 Å². The van der Waals surface area contributed by atoms with E-state index in [1.54, 1.807) is 0 Å². The minimum absolute atomic E-state index is 0.210. The zero-order valence-corrected chi connectivity index (χ0v) is 25.4. The molecule has 4 nitrogen and oxygen atoms in total. The maximum Gasteiger partial charge on any atom is 0.159 e. The molecule has 1 aliphatic rings. The van der Waals surface area contributed by atoms with Gasteiger partial charge in [-0.15, -0.1) is 11.3 Å². The summed E-state index contributed by atoms with van der Waals surface area (Å²) in [6.07, 6.45) is -0.210.